The van der Waals surface area contributed by atoms with Crippen molar-refractivity contribution >= 4 is 11.7 Å². The average molecular weight is 258 g/mol. The summed E-state index contributed by atoms with van der Waals surface area (Å²) in [5, 5.41) is 2.59. The van der Waals surface area contributed by atoms with Crippen molar-refractivity contribution in [2.45, 2.75) is 12.6 Å². The lowest BCUT2D eigenvalue weighted by Gasteiger charge is -2.05. The summed E-state index contributed by atoms with van der Waals surface area (Å²) in [7, 11) is 0. The Morgan fingerprint density at radius 2 is 2.26 bits per heavy atom. The maximum atomic E-state index is 12.8. The molecule has 1 amide bonds. The standard InChI is InChI=1S/C13H11FN4O/c14-10-4-9(10)13(19)18-12-5-11(16-7-17-12)8-2-1-3-15-6-8/h1-3,5-7,9-10H,4H2,(H,16,17,18,19)/t9-,10+/m0/s1. The van der Waals surface area contributed by atoms with Gasteiger partial charge in [0.2, 0.25) is 5.91 Å². The Morgan fingerprint density at radius 3 is 2.95 bits per heavy atom. The van der Waals surface area contributed by atoms with Gasteiger partial charge >= 0.3 is 0 Å². The first kappa shape index (κ1) is 11.7. The van der Waals surface area contributed by atoms with Crippen LogP contribution in [0, 0.1) is 5.92 Å². The van der Waals surface area contributed by atoms with Gasteiger partial charge in [0, 0.05) is 24.0 Å². The number of aromatic nitrogens is 3. The number of alkyl halides is 1. The van der Waals surface area contributed by atoms with Gasteiger partial charge in [0.1, 0.15) is 18.3 Å². The van der Waals surface area contributed by atoms with Crippen LogP contribution >= 0.6 is 0 Å². The lowest BCUT2D eigenvalue weighted by molar-refractivity contribution is -0.117. The highest BCUT2D eigenvalue weighted by atomic mass is 19.1. The van der Waals surface area contributed by atoms with Gasteiger partial charge in [-0.25, -0.2) is 14.4 Å². The normalized spacial score (nSPS) is 20.9. The van der Waals surface area contributed by atoms with Crippen LogP contribution in [-0.4, -0.2) is 27.0 Å². The summed E-state index contributed by atoms with van der Waals surface area (Å²) < 4.78 is 12.8. The fraction of sp³-hybridized carbons (Fsp3) is 0.231. The average Bonchev–Trinajstić information content (AvgIpc) is 3.17. The molecule has 1 N–H and O–H groups in total. The molecule has 1 aliphatic carbocycles. The van der Waals surface area contributed by atoms with Gasteiger partial charge in [0.25, 0.3) is 0 Å². The number of amides is 1. The quantitative estimate of drug-likeness (QED) is 0.912. The lowest BCUT2D eigenvalue weighted by atomic mass is 10.2. The molecular weight excluding hydrogens is 247 g/mol. The SMILES string of the molecule is O=C(Nc1cc(-c2cccnc2)ncn1)[C@H]1C[C@H]1F. The molecule has 96 valence electrons. The number of halogens is 1. The zero-order valence-electron chi connectivity index (χ0n) is 9.95. The topological polar surface area (TPSA) is 67.8 Å². The van der Waals surface area contributed by atoms with Gasteiger partial charge in [0.15, 0.2) is 0 Å². The van der Waals surface area contributed by atoms with E-state index in [1.54, 1.807) is 24.5 Å². The van der Waals surface area contributed by atoms with E-state index in [1.807, 2.05) is 6.07 Å². The number of nitrogens with one attached hydrogen (secondary N) is 1. The number of rotatable bonds is 3. The Balaban J connectivity index is 1.78. The highest BCUT2D eigenvalue weighted by Gasteiger charge is 2.43. The molecule has 6 heteroatoms. The summed E-state index contributed by atoms with van der Waals surface area (Å²) in [6.45, 7) is 0. The van der Waals surface area contributed by atoms with Crippen molar-refractivity contribution in [1.82, 2.24) is 15.0 Å². The number of carbonyl (C=O) groups is 1. The molecule has 0 aromatic carbocycles. The number of nitrogens with zero attached hydrogens (tertiary/aromatic N) is 3. The molecule has 1 saturated carbocycles. The molecule has 0 unspecified atom stereocenters. The molecule has 19 heavy (non-hydrogen) atoms. The predicted octanol–water partition coefficient (Wildman–Crippen LogP) is 1.84. The minimum absolute atomic E-state index is 0.298. The summed E-state index contributed by atoms with van der Waals surface area (Å²) in [6, 6.07) is 5.30. The van der Waals surface area contributed by atoms with E-state index >= 15 is 0 Å². The molecule has 0 bridgehead atoms. The molecule has 2 aromatic heterocycles. The third-order valence-electron chi connectivity index (χ3n) is 2.92. The van der Waals surface area contributed by atoms with Crippen LogP contribution < -0.4 is 5.32 Å². The first-order valence-electron chi connectivity index (χ1n) is 5.91. The maximum absolute atomic E-state index is 12.8. The number of anilines is 1. The first-order valence-corrected chi connectivity index (χ1v) is 5.91. The second-order valence-corrected chi connectivity index (χ2v) is 4.38. The van der Waals surface area contributed by atoms with E-state index in [1.165, 1.54) is 6.33 Å². The molecule has 1 fully saturated rings. The van der Waals surface area contributed by atoms with Gasteiger partial charge in [-0.2, -0.15) is 0 Å². The molecular formula is C13H11FN4O. The van der Waals surface area contributed by atoms with E-state index in [-0.39, 0.29) is 5.91 Å². The molecule has 0 saturated heterocycles. The van der Waals surface area contributed by atoms with E-state index in [0.717, 1.165) is 5.56 Å². The zero-order valence-corrected chi connectivity index (χ0v) is 9.95. The summed E-state index contributed by atoms with van der Waals surface area (Å²) >= 11 is 0. The van der Waals surface area contributed by atoms with Gasteiger partial charge in [-0.3, -0.25) is 9.78 Å². The molecule has 2 atom stereocenters. The summed E-state index contributed by atoms with van der Waals surface area (Å²) in [5.74, 6) is -0.488. The lowest BCUT2D eigenvalue weighted by Crippen LogP contribution is -2.16. The van der Waals surface area contributed by atoms with Gasteiger partial charge < -0.3 is 5.32 Å². The van der Waals surface area contributed by atoms with Gasteiger partial charge in [0.05, 0.1) is 11.6 Å². The van der Waals surface area contributed by atoms with Gasteiger partial charge in [-0.15, -0.1) is 0 Å². The minimum atomic E-state index is -1.01. The Bertz CT molecular complexity index is 605. The van der Waals surface area contributed by atoms with Crippen molar-refractivity contribution < 1.29 is 9.18 Å². The molecule has 0 aliphatic heterocycles. The predicted molar refractivity (Wildman–Crippen MR) is 66.9 cm³/mol. The summed E-state index contributed by atoms with van der Waals surface area (Å²) in [4.78, 5) is 23.7. The summed E-state index contributed by atoms with van der Waals surface area (Å²) in [6.07, 6.45) is 3.98. The second kappa shape index (κ2) is 4.72. The van der Waals surface area contributed by atoms with Crippen LogP contribution in [0.5, 0.6) is 0 Å². The zero-order chi connectivity index (χ0) is 13.2. The molecule has 3 rings (SSSR count). The van der Waals surface area contributed by atoms with Crippen LogP contribution in [0.25, 0.3) is 11.3 Å². The van der Waals surface area contributed by atoms with Gasteiger partial charge in [-0.1, -0.05) is 0 Å². The molecule has 5 nitrogen and oxygen atoms in total. The van der Waals surface area contributed by atoms with Crippen molar-refractivity contribution in [2.24, 2.45) is 5.92 Å². The molecule has 0 spiro atoms. The minimum Gasteiger partial charge on any atom is -0.310 e. The van der Waals surface area contributed by atoms with Crippen LogP contribution in [0.15, 0.2) is 36.9 Å². The first-order chi connectivity index (χ1) is 9.24. The van der Waals surface area contributed by atoms with Crippen LogP contribution in [-0.2, 0) is 4.79 Å². The highest BCUT2D eigenvalue weighted by Crippen LogP contribution is 2.34. The molecule has 0 radical (unpaired) electrons. The Morgan fingerprint density at radius 1 is 1.42 bits per heavy atom. The van der Waals surface area contributed by atoms with E-state index < -0.39 is 12.1 Å². The Labute approximate surface area is 108 Å². The van der Waals surface area contributed by atoms with Crippen molar-refractivity contribution in [1.29, 1.82) is 0 Å². The van der Waals surface area contributed by atoms with Gasteiger partial charge in [-0.05, 0) is 18.6 Å². The fourth-order valence-electron chi connectivity index (χ4n) is 1.75. The highest BCUT2D eigenvalue weighted by molar-refractivity contribution is 5.94. The van der Waals surface area contributed by atoms with Crippen LogP contribution in [0.2, 0.25) is 0 Å². The van der Waals surface area contributed by atoms with Crippen molar-refractivity contribution in [3.8, 4) is 11.3 Å². The number of hydrogen-bond donors (Lipinski definition) is 1. The maximum Gasteiger partial charge on any atom is 0.231 e. The molecule has 2 aromatic rings. The number of carbonyl (C=O) groups excluding carboxylic acids is 1. The van der Waals surface area contributed by atoms with Crippen molar-refractivity contribution in [3.05, 3.63) is 36.9 Å². The number of hydrogen-bond acceptors (Lipinski definition) is 4. The smallest absolute Gasteiger partial charge is 0.231 e. The monoisotopic (exact) mass is 258 g/mol. The second-order valence-electron chi connectivity index (χ2n) is 4.38. The van der Waals surface area contributed by atoms with Crippen LogP contribution in [0.1, 0.15) is 6.42 Å². The largest absolute Gasteiger partial charge is 0.310 e. The fourth-order valence-corrected chi connectivity index (χ4v) is 1.75. The van der Waals surface area contributed by atoms with Crippen molar-refractivity contribution in [2.75, 3.05) is 5.32 Å². The van der Waals surface area contributed by atoms with E-state index in [2.05, 4.69) is 20.3 Å². The van der Waals surface area contributed by atoms with E-state index in [0.29, 0.717) is 17.9 Å². The van der Waals surface area contributed by atoms with Crippen molar-refractivity contribution in [3.63, 3.8) is 0 Å². The Kier molecular flexibility index (Phi) is 2.91. The van der Waals surface area contributed by atoms with Crippen LogP contribution in [0.4, 0.5) is 10.2 Å². The third-order valence-corrected chi connectivity index (χ3v) is 2.92. The van der Waals surface area contributed by atoms with E-state index in [4.69, 9.17) is 0 Å². The molecule has 1 aliphatic rings. The van der Waals surface area contributed by atoms with Crippen LogP contribution in [0.3, 0.4) is 0 Å². The van der Waals surface area contributed by atoms with E-state index in [9.17, 15) is 9.18 Å². The number of pyridine rings is 1. The Hall–Kier alpha value is -2.37. The summed E-state index contributed by atoms with van der Waals surface area (Å²) in [5.41, 5.74) is 1.49. The third kappa shape index (κ3) is 2.57. The molecule has 2 heterocycles.